The number of carboxylic acid groups (broad SMARTS) is 1. The Morgan fingerprint density at radius 1 is 1.21 bits per heavy atom. The predicted molar refractivity (Wildman–Crippen MR) is 86.6 cm³/mol. The van der Waals surface area contributed by atoms with E-state index in [-0.39, 0.29) is 17.9 Å². The zero-order valence-corrected chi connectivity index (χ0v) is 13.4. The molecule has 126 valence electrons. The number of carbonyl (C=O) groups is 2. The van der Waals surface area contributed by atoms with Gasteiger partial charge in [0.1, 0.15) is 11.6 Å². The van der Waals surface area contributed by atoms with Crippen molar-refractivity contribution in [1.29, 1.82) is 0 Å². The third-order valence-corrected chi connectivity index (χ3v) is 3.60. The lowest BCUT2D eigenvalue weighted by Crippen LogP contribution is -2.28. The molecule has 6 heteroatoms. The van der Waals surface area contributed by atoms with Crippen molar-refractivity contribution in [2.45, 2.75) is 19.4 Å². The normalized spacial score (nSPS) is 11.6. The van der Waals surface area contributed by atoms with Crippen LogP contribution in [-0.4, -0.2) is 24.1 Å². The zero-order valence-electron chi connectivity index (χ0n) is 13.4. The highest BCUT2D eigenvalue weighted by Crippen LogP contribution is 2.25. The lowest BCUT2D eigenvalue weighted by molar-refractivity contribution is -0.121. The molecule has 1 amide bonds. The van der Waals surface area contributed by atoms with Gasteiger partial charge >= 0.3 is 5.97 Å². The standard InChI is InChI=1S/C18H18FNO4/c1-11(15-10-14(19)7-8-16(15)24-2)20-17(21)9-12-3-5-13(6-4-12)18(22)23/h3-8,10-11H,9H2,1-2H3,(H,20,21)(H,22,23)/t11-/m0/s1. The number of nitrogens with one attached hydrogen (secondary N) is 1. The van der Waals surface area contributed by atoms with Gasteiger partial charge in [-0.15, -0.1) is 0 Å². The molecule has 24 heavy (non-hydrogen) atoms. The molecule has 5 nitrogen and oxygen atoms in total. The molecule has 0 aliphatic heterocycles. The molecule has 2 N–H and O–H groups in total. The van der Waals surface area contributed by atoms with Crippen LogP contribution >= 0.6 is 0 Å². The maximum absolute atomic E-state index is 13.4. The highest BCUT2D eigenvalue weighted by atomic mass is 19.1. The van der Waals surface area contributed by atoms with Crippen LogP contribution in [0.25, 0.3) is 0 Å². The molecule has 0 heterocycles. The topological polar surface area (TPSA) is 75.6 Å². The maximum Gasteiger partial charge on any atom is 0.335 e. The number of benzene rings is 2. The Bertz CT molecular complexity index is 743. The summed E-state index contributed by atoms with van der Waals surface area (Å²) in [4.78, 5) is 22.9. The Balaban J connectivity index is 2.04. The first-order valence-electron chi connectivity index (χ1n) is 7.35. The smallest absolute Gasteiger partial charge is 0.335 e. The molecule has 2 rings (SSSR count). The van der Waals surface area contributed by atoms with E-state index >= 15 is 0 Å². The number of amides is 1. The SMILES string of the molecule is COc1ccc(F)cc1[C@H](C)NC(=O)Cc1ccc(C(=O)O)cc1. The summed E-state index contributed by atoms with van der Waals surface area (Å²) in [6, 6.07) is 9.78. The summed E-state index contributed by atoms with van der Waals surface area (Å²) in [5.74, 6) is -1.18. The first kappa shape index (κ1) is 17.5. The van der Waals surface area contributed by atoms with Gasteiger partial charge < -0.3 is 15.2 Å². The van der Waals surface area contributed by atoms with Crippen molar-refractivity contribution >= 4 is 11.9 Å². The summed E-state index contributed by atoms with van der Waals surface area (Å²) in [6.07, 6.45) is 0.0991. The number of halogens is 1. The number of carbonyl (C=O) groups excluding carboxylic acids is 1. The summed E-state index contributed by atoms with van der Waals surface area (Å²) >= 11 is 0. The van der Waals surface area contributed by atoms with E-state index < -0.39 is 17.8 Å². The van der Waals surface area contributed by atoms with Gasteiger partial charge in [0.15, 0.2) is 0 Å². The quantitative estimate of drug-likeness (QED) is 0.853. The van der Waals surface area contributed by atoms with E-state index in [0.29, 0.717) is 16.9 Å². The third-order valence-electron chi connectivity index (χ3n) is 3.60. The van der Waals surface area contributed by atoms with E-state index in [4.69, 9.17) is 9.84 Å². The minimum Gasteiger partial charge on any atom is -0.496 e. The van der Waals surface area contributed by atoms with Gasteiger partial charge in [0.05, 0.1) is 25.1 Å². The van der Waals surface area contributed by atoms with Crippen molar-refractivity contribution < 1.29 is 23.8 Å². The summed E-state index contributed by atoms with van der Waals surface area (Å²) in [6.45, 7) is 1.74. The summed E-state index contributed by atoms with van der Waals surface area (Å²) in [5, 5.41) is 11.6. The van der Waals surface area contributed by atoms with Gasteiger partial charge in [0, 0.05) is 5.56 Å². The number of hydrogen-bond acceptors (Lipinski definition) is 3. The largest absolute Gasteiger partial charge is 0.496 e. The number of aromatic carboxylic acids is 1. The average molecular weight is 331 g/mol. The molecule has 0 aliphatic carbocycles. The summed E-state index contributed by atoms with van der Waals surface area (Å²) in [7, 11) is 1.48. The number of methoxy groups -OCH3 is 1. The highest BCUT2D eigenvalue weighted by Gasteiger charge is 2.15. The van der Waals surface area contributed by atoms with Crippen LogP contribution in [0.3, 0.4) is 0 Å². The van der Waals surface area contributed by atoms with Crippen LogP contribution < -0.4 is 10.1 Å². The summed E-state index contributed by atoms with van der Waals surface area (Å²) in [5.41, 5.74) is 1.40. The fraction of sp³-hybridized carbons (Fsp3) is 0.222. The Labute approximate surface area is 139 Å². The van der Waals surface area contributed by atoms with E-state index in [2.05, 4.69) is 5.32 Å². The molecule has 0 unspecified atom stereocenters. The van der Waals surface area contributed by atoms with E-state index in [1.165, 1.54) is 37.4 Å². The van der Waals surface area contributed by atoms with Gasteiger partial charge in [-0.2, -0.15) is 0 Å². The predicted octanol–water partition coefficient (Wildman–Crippen LogP) is 2.95. The molecule has 2 aromatic rings. The molecule has 0 saturated heterocycles. The number of hydrogen-bond donors (Lipinski definition) is 2. The Hall–Kier alpha value is -2.89. The molecule has 0 spiro atoms. The molecule has 0 aliphatic rings. The van der Waals surface area contributed by atoms with Crippen LogP contribution in [0.1, 0.15) is 34.5 Å². The molecular weight excluding hydrogens is 313 g/mol. The Morgan fingerprint density at radius 3 is 2.46 bits per heavy atom. The zero-order chi connectivity index (χ0) is 17.7. The van der Waals surface area contributed by atoms with Crippen molar-refractivity contribution in [3.63, 3.8) is 0 Å². The van der Waals surface area contributed by atoms with Crippen LogP contribution in [0.2, 0.25) is 0 Å². The first-order valence-corrected chi connectivity index (χ1v) is 7.35. The van der Waals surface area contributed by atoms with Crippen LogP contribution in [-0.2, 0) is 11.2 Å². The fourth-order valence-electron chi connectivity index (χ4n) is 2.36. The fourth-order valence-corrected chi connectivity index (χ4v) is 2.36. The van der Waals surface area contributed by atoms with Gasteiger partial charge in [-0.05, 0) is 42.8 Å². The second kappa shape index (κ2) is 7.59. The van der Waals surface area contributed by atoms with Crippen LogP contribution in [0.4, 0.5) is 4.39 Å². The lowest BCUT2D eigenvalue weighted by Gasteiger charge is -2.17. The van der Waals surface area contributed by atoms with E-state index in [9.17, 15) is 14.0 Å². The van der Waals surface area contributed by atoms with Gasteiger partial charge in [-0.3, -0.25) is 4.79 Å². The molecule has 0 radical (unpaired) electrons. The number of ether oxygens (including phenoxy) is 1. The van der Waals surface area contributed by atoms with Gasteiger partial charge in [0.2, 0.25) is 5.91 Å². The summed E-state index contributed by atoms with van der Waals surface area (Å²) < 4.78 is 18.6. The monoisotopic (exact) mass is 331 g/mol. The van der Waals surface area contributed by atoms with Gasteiger partial charge in [-0.1, -0.05) is 12.1 Å². The molecule has 1 atom stereocenters. The molecule has 0 aromatic heterocycles. The second-order valence-electron chi connectivity index (χ2n) is 5.35. The first-order chi connectivity index (χ1) is 11.4. The van der Waals surface area contributed by atoms with Gasteiger partial charge in [0.25, 0.3) is 0 Å². The Morgan fingerprint density at radius 2 is 1.88 bits per heavy atom. The van der Waals surface area contributed by atoms with Crippen LogP contribution in [0.15, 0.2) is 42.5 Å². The van der Waals surface area contributed by atoms with Crippen molar-refractivity contribution in [2.24, 2.45) is 0 Å². The van der Waals surface area contributed by atoms with E-state index in [1.807, 2.05) is 0 Å². The van der Waals surface area contributed by atoms with Crippen LogP contribution in [0.5, 0.6) is 5.75 Å². The third kappa shape index (κ3) is 4.32. The molecule has 0 saturated carbocycles. The highest BCUT2D eigenvalue weighted by molar-refractivity contribution is 5.87. The number of carboxylic acids is 1. The average Bonchev–Trinajstić information content (AvgIpc) is 2.55. The minimum absolute atomic E-state index is 0.0991. The van der Waals surface area contributed by atoms with Crippen molar-refractivity contribution in [3.8, 4) is 5.75 Å². The maximum atomic E-state index is 13.4. The van der Waals surface area contributed by atoms with Crippen molar-refractivity contribution in [3.05, 3.63) is 65.0 Å². The van der Waals surface area contributed by atoms with E-state index in [1.54, 1.807) is 19.1 Å². The van der Waals surface area contributed by atoms with Gasteiger partial charge in [-0.25, -0.2) is 9.18 Å². The molecular formula is C18H18FNO4. The molecule has 0 bridgehead atoms. The minimum atomic E-state index is -1.02. The van der Waals surface area contributed by atoms with Crippen molar-refractivity contribution in [1.82, 2.24) is 5.32 Å². The molecule has 0 fully saturated rings. The van der Waals surface area contributed by atoms with Crippen LogP contribution in [0, 0.1) is 5.82 Å². The lowest BCUT2D eigenvalue weighted by atomic mass is 10.1. The number of rotatable bonds is 6. The second-order valence-corrected chi connectivity index (χ2v) is 5.35. The van der Waals surface area contributed by atoms with E-state index in [0.717, 1.165) is 0 Å². The van der Waals surface area contributed by atoms with Crippen molar-refractivity contribution in [2.75, 3.05) is 7.11 Å². The Kier molecular flexibility index (Phi) is 5.52. The molecule has 2 aromatic carbocycles.